The maximum atomic E-state index is 12.8. The third kappa shape index (κ3) is 4.28. The molecular formula is C21H28N2O4. The third-order valence-electron chi connectivity index (χ3n) is 5.40. The van der Waals surface area contributed by atoms with Crippen LogP contribution < -0.4 is 10.1 Å². The van der Waals surface area contributed by atoms with Crippen molar-refractivity contribution in [3.05, 3.63) is 30.0 Å². The zero-order valence-electron chi connectivity index (χ0n) is 16.1. The SMILES string of the molecule is CC(C)Oc1cc(C(=O)NCC2(CN3CCOCC3)CC2)cc2occc12. The number of ether oxygens (including phenoxy) is 2. The zero-order chi connectivity index (χ0) is 18.9. The van der Waals surface area contributed by atoms with Crippen LogP contribution in [0, 0.1) is 5.41 Å². The second-order valence-electron chi connectivity index (χ2n) is 8.04. The lowest BCUT2D eigenvalue weighted by Gasteiger charge is -2.30. The normalized spacial score (nSPS) is 19.4. The van der Waals surface area contributed by atoms with E-state index in [9.17, 15) is 4.79 Å². The molecule has 1 amide bonds. The quantitative estimate of drug-likeness (QED) is 0.809. The Morgan fingerprint density at radius 2 is 2.07 bits per heavy atom. The third-order valence-corrected chi connectivity index (χ3v) is 5.40. The second kappa shape index (κ2) is 7.52. The van der Waals surface area contributed by atoms with E-state index in [-0.39, 0.29) is 17.4 Å². The standard InChI is InChI=1S/C21H28N2O4/c1-15(2)27-19-12-16(11-18-17(19)3-8-26-18)20(24)22-13-21(4-5-21)14-23-6-9-25-10-7-23/h3,8,11-12,15H,4-7,9-10,13-14H2,1-2H3,(H,22,24). The van der Waals surface area contributed by atoms with E-state index >= 15 is 0 Å². The number of nitrogens with one attached hydrogen (secondary N) is 1. The van der Waals surface area contributed by atoms with Crippen molar-refractivity contribution in [1.82, 2.24) is 10.2 Å². The van der Waals surface area contributed by atoms with Crippen molar-refractivity contribution >= 4 is 16.9 Å². The molecule has 0 radical (unpaired) electrons. The molecule has 1 saturated heterocycles. The highest BCUT2D eigenvalue weighted by atomic mass is 16.5. The summed E-state index contributed by atoms with van der Waals surface area (Å²) in [7, 11) is 0. The summed E-state index contributed by atoms with van der Waals surface area (Å²) < 4.78 is 16.8. The van der Waals surface area contributed by atoms with Crippen LogP contribution >= 0.6 is 0 Å². The fourth-order valence-corrected chi connectivity index (χ4v) is 3.69. The molecular weight excluding hydrogens is 344 g/mol. The highest BCUT2D eigenvalue weighted by Gasteiger charge is 2.44. The molecule has 1 aromatic heterocycles. The van der Waals surface area contributed by atoms with Crippen molar-refractivity contribution in [2.75, 3.05) is 39.4 Å². The van der Waals surface area contributed by atoms with Crippen molar-refractivity contribution in [1.29, 1.82) is 0 Å². The first-order valence-electron chi connectivity index (χ1n) is 9.81. The van der Waals surface area contributed by atoms with E-state index in [2.05, 4.69) is 10.2 Å². The second-order valence-corrected chi connectivity index (χ2v) is 8.04. The van der Waals surface area contributed by atoms with Crippen molar-refractivity contribution in [3.63, 3.8) is 0 Å². The molecule has 6 heteroatoms. The number of carbonyl (C=O) groups excluding carboxylic acids is 1. The van der Waals surface area contributed by atoms with E-state index in [0.717, 1.165) is 38.2 Å². The molecule has 2 fully saturated rings. The van der Waals surface area contributed by atoms with Crippen LogP contribution in [0.25, 0.3) is 11.0 Å². The Labute approximate surface area is 159 Å². The molecule has 1 aliphatic heterocycles. The molecule has 2 aromatic rings. The molecule has 6 nitrogen and oxygen atoms in total. The average molecular weight is 372 g/mol. The van der Waals surface area contributed by atoms with Crippen LogP contribution in [0.3, 0.4) is 0 Å². The summed E-state index contributed by atoms with van der Waals surface area (Å²) in [4.78, 5) is 15.2. The fourth-order valence-electron chi connectivity index (χ4n) is 3.69. The molecule has 0 atom stereocenters. The van der Waals surface area contributed by atoms with E-state index in [1.54, 1.807) is 12.3 Å². The van der Waals surface area contributed by atoms with E-state index in [1.165, 1.54) is 12.8 Å². The van der Waals surface area contributed by atoms with E-state index in [1.807, 2.05) is 26.0 Å². The van der Waals surface area contributed by atoms with Gasteiger partial charge in [0.15, 0.2) is 0 Å². The number of hydrogen-bond acceptors (Lipinski definition) is 5. The first kappa shape index (κ1) is 18.3. The van der Waals surface area contributed by atoms with Crippen LogP contribution in [0.15, 0.2) is 28.9 Å². The smallest absolute Gasteiger partial charge is 0.251 e. The summed E-state index contributed by atoms with van der Waals surface area (Å²) in [6.45, 7) is 9.29. The van der Waals surface area contributed by atoms with Crippen molar-refractivity contribution < 1.29 is 18.7 Å². The number of morpholine rings is 1. The minimum absolute atomic E-state index is 0.0321. The number of fused-ring (bicyclic) bond motifs is 1. The maximum Gasteiger partial charge on any atom is 0.251 e. The average Bonchev–Trinajstić information content (AvgIpc) is 3.23. The van der Waals surface area contributed by atoms with Gasteiger partial charge in [0.05, 0.1) is 31.0 Å². The van der Waals surface area contributed by atoms with Gasteiger partial charge < -0.3 is 19.2 Å². The molecule has 27 heavy (non-hydrogen) atoms. The number of benzene rings is 1. The first-order valence-corrected chi connectivity index (χ1v) is 9.81. The number of amides is 1. The summed E-state index contributed by atoms with van der Waals surface area (Å²) in [5.74, 6) is 0.617. The van der Waals surface area contributed by atoms with E-state index < -0.39 is 0 Å². The summed E-state index contributed by atoms with van der Waals surface area (Å²) in [6.07, 6.45) is 4.00. The molecule has 0 unspecified atom stereocenters. The van der Waals surface area contributed by atoms with Gasteiger partial charge in [0, 0.05) is 37.2 Å². The van der Waals surface area contributed by atoms with Crippen LogP contribution in [-0.2, 0) is 4.74 Å². The number of furan rings is 1. The Bertz CT molecular complexity index is 804. The van der Waals surface area contributed by atoms with Gasteiger partial charge in [-0.1, -0.05) is 0 Å². The van der Waals surface area contributed by atoms with E-state index in [0.29, 0.717) is 23.4 Å². The molecule has 0 bridgehead atoms. The van der Waals surface area contributed by atoms with Gasteiger partial charge >= 0.3 is 0 Å². The predicted molar refractivity (Wildman–Crippen MR) is 103 cm³/mol. The first-order chi connectivity index (χ1) is 13.0. The molecule has 4 rings (SSSR count). The minimum Gasteiger partial charge on any atom is -0.490 e. The molecule has 146 valence electrons. The number of carbonyl (C=O) groups is 1. The fraction of sp³-hybridized carbons (Fsp3) is 0.571. The lowest BCUT2D eigenvalue weighted by molar-refractivity contribution is 0.0283. The van der Waals surface area contributed by atoms with Gasteiger partial charge in [0.1, 0.15) is 11.3 Å². The van der Waals surface area contributed by atoms with Gasteiger partial charge in [-0.2, -0.15) is 0 Å². The van der Waals surface area contributed by atoms with E-state index in [4.69, 9.17) is 13.9 Å². The number of nitrogens with zero attached hydrogens (tertiary/aromatic N) is 1. The highest BCUT2D eigenvalue weighted by molar-refractivity contribution is 5.99. The van der Waals surface area contributed by atoms with Gasteiger partial charge in [0.2, 0.25) is 0 Å². The Balaban J connectivity index is 1.42. The molecule has 1 N–H and O–H groups in total. The van der Waals surface area contributed by atoms with Crippen LogP contribution in [-0.4, -0.2) is 56.3 Å². The van der Waals surface area contributed by atoms with Gasteiger partial charge in [0.25, 0.3) is 5.91 Å². The van der Waals surface area contributed by atoms with Crippen LogP contribution in [0.4, 0.5) is 0 Å². The molecule has 2 aliphatic rings. The van der Waals surface area contributed by atoms with Gasteiger partial charge in [-0.15, -0.1) is 0 Å². The van der Waals surface area contributed by atoms with Gasteiger partial charge in [-0.3, -0.25) is 9.69 Å². The number of hydrogen-bond donors (Lipinski definition) is 1. The summed E-state index contributed by atoms with van der Waals surface area (Å²) >= 11 is 0. The molecule has 1 aliphatic carbocycles. The van der Waals surface area contributed by atoms with Crippen LogP contribution in [0.5, 0.6) is 5.75 Å². The Kier molecular flexibility index (Phi) is 5.10. The lowest BCUT2D eigenvalue weighted by Crippen LogP contribution is -2.43. The Morgan fingerprint density at radius 3 is 2.78 bits per heavy atom. The van der Waals surface area contributed by atoms with Crippen molar-refractivity contribution in [3.8, 4) is 5.75 Å². The van der Waals surface area contributed by atoms with Crippen molar-refractivity contribution in [2.45, 2.75) is 32.8 Å². The van der Waals surface area contributed by atoms with Gasteiger partial charge in [-0.05, 0) is 44.9 Å². The maximum absolute atomic E-state index is 12.8. The summed E-state index contributed by atoms with van der Waals surface area (Å²) in [6, 6.07) is 5.48. The Hall–Kier alpha value is -2.05. The molecule has 0 spiro atoms. The molecule has 1 saturated carbocycles. The minimum atomic E-state index is -0.0739. The molecule has 1 aromatic carbocycles. The van der Waals surface area contributed by atoms with Gasteiger partial charge in [-0.25, -0.2) is 0 Å². The van der Waals surface area contributed by atoms with Crippen LogP contribution in [0.2, 0.25) is 0 Å². The Morgan fingerprint density at radius 1 is 1.30 bits per heavy atom. The number of rotatable bonds is 7. The summed E-state index contributed by atoms with van der Waals surface area (Å²) in [5, 5.41) is 4.03. The topological polar surface area (TPSA) is 63.9 Å². The molecule has 2 heterocycles. The predicted octanol–water partition coefficient (Wildman–Crippen LogP) is 3.06. The zero-order valence-corrected chi connectivity index (χ0v) is 16.1. The highest BCUT2D eigenvalue weighted by Crippen LogP contribution is 2.45. The van der Waals surface area contributed by atoms with Crippen LogP contribution in [0.1, 0.15) is 37.0 Å². The summed E-state index contributed by atoms with van der Waals surface area (Å²) in [5.41, 5.74) is 1.47. The monoisotopic (exact) mass is 372 g/mol. The lowest BCUT2D eigenvalue weighted by atomic mass is 10.1. The largest absolute Gasteiger partial charge is 0.490 e. The van der Waals surface area contributed by atoms with Crippen molar-refractivity contribution in [2.24, 2.45) is 5.41 Å².